The Morgan fingerprint density at radius 3 is 2.17 bits per heavy atom. The van der Waals surface area contributed by atoms with Crippen LogP contribution in [0.25, 0.3) is 0 Å². The Bertz CT molecular complexity index is 278. The quantitative estimate of drug-likeness (QED) is 0.790. The maximum atomic E-state index is 12.6. The van der Waals surface area contributed by atoms with Crippen LogP contribution in [0.15, 0.2) is 0 Å². The van der Waals surface area contributed by atoms with E-state index >= 15 is 0 Å². The fourth-order valence-corrected chi connectivity index (χ4v) is 3.01. The second-order valence-corrected chi connectivity index (χ2v) is 5.92. The molecule has 1 aliphatic heterocycles. The molecule has 1 fully saturated rings. The predicted octanol–water partition coefficient (Wildman–Crippen LogP) is 3.00. The molecule has 4 atom stereocenters. The van der Waals surface area contributed by atoms with Crippen molar-refractivity contribution < 1.29 is 4.79 Å². The lowest BCUT2D eigenvalue weighted by molar-refractivity contribution is -0.134. The van der Waals surface area contributed by atoms with E-state index in [1.54, 1.807) is 0 Å². The number of nitrogens with one attached hydrogen (secondary N) is 1. The van der Waals surface area contributed by atoms with Crippen molar-refractivity contribution >= 4 is 5.91 Å². The molecule has 0 aromatic rings. The number of carbonyl (C=O) groups is 1. The Morgan fingerprint density at radius 1 is 1.17 bits per heavy atom. The molecule has 1 N–H and O–H groups in total. The minimum absolute atomic E-state index is 0.0211. The van der Waals surface area contributed by atoms with Gasteiger partial charge in [0.15, 0.2) is 0 Å². The van der Waals surface area contributed by atoms with Gasteiger partial charge in [-0.1, -0.05) is 48.0 Å². The summed E-state index contributed by atoms with van der Waals surface area (Å²) in [6.45, 7) is 13.1. The average molecular weight is 254 g/mol. The number of hydrogen-bond acceptors (Lipinski definition) is 2. The van der Waals surface area contributed by atoms with Crippen LogP contribution in [0.2, 0.25) is 0 Å². The molecule has 3 nitrogen and oxygen atoms in total. The predicted molar refractivity (Wildman–Crippen MR) is 76.2 cm³/mol. The summed E-state index contributed by atoms with van der Waals surface area (Å²) in [5.74, 6) is 1.25. The van der Waals surface area contributed by atoms with Gasteiger partial charge in [-0.25, -0.2) is 0 Å². The molecule has 4 unspecified atom stereocenters. The van der Waals surface area contributed by atoms with Gasteiger partial charge in [0.05, 0.1) is 12.2 Å². The third-order valence-electron chi connectivity index (χ3n) is 4.37. The van der Waals surface area contributed by atoms with Gasteiger partial charge in [-0.2, -0.15) is 0 Å². The second-order valence-electron chi connectivity index (χ2n) is 5.92. The molecule has 1 heterocycles. The largest absolute Gasteiger partial charge is 0.323 e. The van der Waals surface area contributed by atoms with Crippen LogP contribution in [-0.2, 0) is 4.79 Å². The fraction of sp³-hybridized carbons (Fsp3) is 0.933. The number of nitrogens with zero attached hydrogens (tertiary/aromatic N) is 1. The Hall–Kier alpha value is -0.570. The molecule has 106 valence electrons. The summed E-state index contributed by atoms with van der Waals surface area (Å²) in [6, 6.07) is 0.386. The first-order valence-corrected chi connectivity index (χ1v) is 7.55. The molecular formula is C15H30N2O. The van der Waals surface area contributed by atoms with Crippen molar-refractivity contribution in [3.8, 4) is 0 Å². The maximum absolute atomic E-state index is 12.6. The van der Waals surface area contributed by atoms with Crippen LogP contribution in [0.5, 0.6) is 0 Å². The smallest absolute Gasteiger partial charge is 0.241 e. The number of carbonyl (C=O) groups excluding carboxylic acids is 1. The number of hydrogen-bond donors (Lipinski definition) is 1. The highest BCUT2D eigenvalue weighted by Crippen LogP contribution is 2.27. The third kappa shape index (κ3) is 2.87. The van der Waals surface area contributed by atoms with E-state index in [1.807, 2.05) is 0 Å². The van der Waals surface area contributed by atoms with Gasteiger partial charge in [-0.15, -0.1) is 0 Å². The third-order valence-corrected chi connectivity index (χ3v) is 4.37. The molecule has 0 bridgehead atoms. The first-order chi connectivity index (χ1) is 8.47. The van der Waals surface area contributed by atoms with Gasteiger partial charge in [0.25, 0.3) is 0 Å². The fourth-order valence-electron chi connectivity index (χ4n) is 3.01. The SMILES string of the molecule is CCC(C)C1NC(CC)N(C(CC)C(C)C)C1=O. The standard InChI is InChI=1S/C15H30N2O/c1-7-11(6)14-15(18)17(13(9-3)16-14)12(8-2)10(4)5/h10-14,16H,7-9H2,1-6H3. The van der Waals surface area contributed by atoms with Crippen LogP contribution in [-0.4, -0.2) is 29.1 Å². The van der Waals surface area contributed by atoms with Crippen molar-refractivity contribution in [2.24, 2.45) is 11.8 Å². The van der Waals surface area contributed by atoms with Crippen LogP contribution < -0.4 is 5.32 Å². The first kappa shape index (κ1) is 15.5. The highest BCUT2D eigenvalue weighted by Gasteiger charge is 2.43. The van der Waals surface area contributed by atoms with E-state index in [4.69, 9.17) is 0 Å². The highest BCUT2D eigenvalue weighted by atomic mass is 16.2. The van der Waals surface area contributed by atoms with Crippen LogP contribution in [0.3, 0.4) is 0 Å². The van der Waals surface area contributed by atoms with Crippen LogP contribution in [0.4, 0.5) is 0 Å². The number of rotatable bonds is 6. The summed E-state index contributed by atoms with van der Waals surface area (Å²) in [7, 11) is 0. The molecule has 3 heteroatoms. The van der Waals surface area contributed by atoms with Crippen molar-refractivity contribution in [3.05, 3.63) is 0 Å². The molecule has 0 saturated carbocycles. The summed E-state index contributed by atoms with van der Waals surface area (Å²) in [4.78, 5) is 14.8. The summed E-state index contributed by atoms with van der Waals surface area (Å²) in [5.41, 5.74) is 0. The minimum Gasteiger partial charge on any atom is -0.323 e. The topological polar surface area (TPSA) is 32.3 Å². The van der Waals surface area contributed by atoms with Crippen molar-refractivity contribution in [2.75, 3.05) is 0 Å². The van der Waals surface area contributed by atoms with Crippen molar-refractivity contribution in [1.82, 2.24) is 10.2 Å². The summed E-state index contributed by atoms with van der Waals surface area (Å²) in [5, 5.41) is 3.54. The van der Waals surface area contributed by atoms with Gasteiger partial charge in [0, 0.05) is 6.04 Å². The van der Waals surface area contributed by atoms with E-state index in [9.17, 15) is 4.79 Å². The summed E-state index contributed by atoms with van der Waals surface area (Å²) < 4.78 is 0. The van der Waals surface area contributed by atoms with Crippen molar-refractivity contribution in [1.29, 1.82) is 0 Å². The Morgan fingerprint density at radius 2 is 1.78 bits per heavy atom. The summed E-state index contributed by atoms with van der Waals surface area (Å²) >= 11 is 0. The van der Waals surface area contributed by atoms with Gasteiger partial charge < -0.3 is 4.90 Å². The molecule has 0 aromatic heterocycles. The number of amides is 1. The molecule has 0 radical (unpaired) electrons. The van der Waals surface area contributed by atoms with Gasteiger partial charge in [0.1, 0.15) is 0 Å². The zero-order valence-corrected chi connectivity index (χ0v) is 12.9. The van der Waals surface area contributed by atoms with E-state index < -0.39 is 0 Å². The minimum atomic E-state index is 0.0211. The van der Waals surface area contributed by atoms with E-state index in [-0.39, 0.29) is 12.2 Å². The van der Waals surface area contributed by atoms with Gasteiger partial charge >= 0.3 is 0 Å². The lowest BCUT2D eigenvalue weighted by atomic mass is 9.96. The van der Waals surface area contributed by atoms with E-state index in [0.717, 1.165) is 19.3 Å². The first-order valence-electron chi connectivity index (χ1n) is 7.55. The molecule has 1 saturated heterocycles. The molecular weight excluding hydrogens is 224 g/mol. The molecule has 0 aliphatic carbocycles. The van der Waals surface area contributed by atoms with Crippen LogP contribution >= 0.6 is 0 Å². The van der Waals surface area contributed by atoms with Crippen molar-refractivity contribution in [3.63, 3.8) is 0 Å². The molecule has 0 spiro atoms. The van der Waals surface area contributed by atoms with Crippen LogP contribution in [0, 0.1) is 11.8 Å². The average Bonchev–Trinajstić information content (AvgIpc) is 2.67. The summed E-state index contributed by atoms with van der Waals surface area (Å²) in [6.07, 6.45) is 3.30. The lowest BCUT2D eigenvalue weighted by Crippen LogP contribution is -2.46. The molecule has 18 heavy (non-hydrogen) atoms. The van der Waals surface area contributed by atoms with Gasteiger partial charge in [0.2, 0.25) is 5.91 Å². The van der Waals surface area contributed by atoms with Gasteiger partial charge in [-0.3, -0.25) is 10.1 Å². The zero-order chi connectivity index (χ0) is 13.9. The highest BCUT2D eigenvalue weighted by molar-refractivity contribution is 5.85. The van der Waals surface area contributed by atoms with E-state index in [0.29, 0.717) is 23.8 Å². The normalized spacial score (nSPS) is 27.9. The molecule has 1 rings (SSSR count). The Labute approximate surface area is 112 Å². The Kier molecular flexibility index (Phi) is 5.64. The maximum Gasteiger partial charge on any atom is 0.241 e. The molecule has 1 aliphatic rings. The van der Waals surface area contributed by atoms with Gasteiger partial charge in [-0.05, 0) is 24.7 Å². The zero-order valence-electron chi connectivity index (χ0n) is 12.9. The molecule has 0 aromatic carbocycles. The van der Waals surface area contributed by atoms with E-state index in [1.165, 1.54) is 0 Å². The van der Waals surface area contributed by atoms with Crippen LogP contribution in [0.1, 0.15) is 60.8 Å². The monoisotopic (exact) mass is 254 g/mol. The molecule has 1 amide bonds. The van der Waals surface area contributed by atoms with E-state index in [2.05, 4.69) is 51.8 Å². The van der Waals surface area contributed by atoms with Crippen molar-refractivity contribution in [2.45, 2.75) is 79.1 Å². The Balaban J connectivity index is 2.91. The lowest BCUT2D eigenvalue weighted by Gasteiger charge is -2.34. The second kappa shape index (κ2) is 6.55.